The maximum atomic E-state index is 6.00. The van der Waals surface area contributed by atoms with Crippen molar-refractivity contribution in [1.82, 2.24) is 5.43 Å². The molecule has 0 fully saturated rings. The van der Waals surface area contributed by atoms with Crippen LogP contribution in [0, 0.1) is 0 Å². The highest BCUT2D eigenvalue weighted by Gasteiger charge is 2.23. The van der Waals surface area contributed by atoms with Crippen molar-refractivity contribution >= 4 is 16.8 Å². The summed E-state index contributed by atoms with van der Waals surface area (Å²) in [6, 6.07) is 26.4. The smallest absolute Gasteiger partial charge is 0.161 e. The Morgan fingerprint density at radius 3 is 2.39 bits per heavy atom. The molecule has 1 heterocycles. The summed E-state index contributed by atoms with van der Waals surface area (Å²) in [6.07, 6.45) is 0. The molecule has 1 aliphatic heterocycles. The van der Waals surface area contributed by atoms with E-state index in [1.807, 2.05) is 55.5 Å². The van der Waals surface area contributed by atoms with E-state index in [1.54, 1.807) is 11.8 Å². The summed E-state index contributed by atoms with van der Waals surface area (Å²) < 4.78 is 11.8. The van der Waals surface area contributed by atoms with E-state index in [2.05, 4.69) is 40.9 Å². The molecule has 0 amide bonds. The average molecular weight is 391 g/mol. The number of hydrazone groups is 1. The Morgan fingerprint density at radius 2 is 1.64 bits per heavy atom. The SMILES string of the molecule is CCOc1cc(C2NN=C(c3ccccc3)S2)ccc1OCc1ccccc1. The quantitative estimate of drug-likeness (QED) is 0.590. The summed E-state index contributed by atoms with van der Waals surface area (Å²) in [5, 5.41) is 5.54. The van der Waals surface area contributed by atoms with Gasteiger partial charge in [0, 0.05) is 5.56 Å². The molecule has 0 saturated heterocycles. The van der Waals surface area contributed by atoms with Gasteiger partial charge >= 0.3 is 0 Å². The molecule has 1 unspecified atom stereocenters. The summed E-state index contributed by atoms with van der Waals surface area (Å²) >= 11 is 1.70. The van der Waals surface area contributed by atoms with Gasteiger partial charge in [-0.3, -0.25) is 5.43 Å². The number of ether oxygens (including phenoxy) is 2. The third kappa shape index (κ3) is 4.31. The third-order valence-corrected chi connectivity index (χ3v) is 5.50. The number of nitrogens with zero attached hydrogens (tertiary/aromatic N) is 1. The maximum absolute atomic E-state index is 6.00. The van der Waals surface area contributed by atoms with Crippen LogP contribution >= 0.6 is 11.8 Å². The van der Waals surface area contributed by atoms with Crippen molar-refractivity contribution in [2.24, 2.45) is 5.10 Å². The predicted octanol–water partition coefficient (Wildman–Crippen LogP) is 5.36. The van der Waals surface area contributed by atoms with E-state index in [9.17, 15) is 0 Å². The molecule has 4 nitrogen and oxygen atoms in total. The summed E-state index contributed by atoms with van der Waals surface area (Å²) in [4.78, 5) is 0. The molecule has 0 bridgehead atoms. The molecule has 0 spiro atoms. The van der Waals surface area contributed by atoms with Crippen molar-refractivity contribution in [3.8, 4) is 11.5 Å². The molecule has 4 rings (SSSR count). The van der Waals surface area contributed by atoms with Crippen LogP contribution in [-0.2, 0) is 6.61 Å². The molecule has 1 atom stereocenters. The van der Waals surface area contributed by atoms with Gasteiger partial charge in [0.25, 0.3) is 0 Å². The van der Waals surface area contributed by atoms with Crippen LogP contribution in [0.25, 0.3) is 0 Å². The van der Waals surface area contributed by atoms with Gasteiger partial charge < -0.3 is 9.47 Å². The van der Waals surface area contributed by atoms with Crippen LogP contribution in [0.15, 0.2) is 84.0 Å². The van der Waals surface area contributed by atoms with Crippen LogP contribution < -0.4 is 14.9 Å². The van der Waals surface area contributed by atoms with E-state index >= 15 is 0 Å². The maximum Gasteiger partial charge on any atom is 0.161 e. The van der Waals surface area contributed by atoms with Crippen LogP contribution in [-0.4, -0.2) is 11.7 Å². The number of hydrogen-bond acceptors (Lipinski definition) is 5. The number of thioether (sulfide) groups is 1. The molecule has 142 valence electrons. The monoisotopic (exact) mass is 390 g/mol. The van der Waals surface area contributed by atoms with Gasteiger partial charge in [0.15, 0.2) is 11.5 Å². The highest BCUT2D eigenvalue weighted by molar-refractivity contribution is 8.14. The van der Waals surface area contributed by atoms with Gasteiger partial charge in [-0.2, -0.15) is 5.10 Å². The Hall–Kier alpha value is -2.92. The highest BCUT2D eigenvalue weighted by Crippen LogP contribution is 2.38. The van der Waals surface area contributed by atoms with Crippen molar-refractivity contribution in [2.45, 2.75) is 18.9 Å². The first kappa shape index (κ1) is 18.4. The lowest BCUT2D eigenvalue weighted by molar-refractivity contribution is 0.269. The van der Waals surface area contributed by atoms with Crippen LogP contribution in [0.3, 0.4) is 0 Å². The van der Waals surface area contributed by atoms with Crippen LogP contribution in [0.1, 0.15) is 29.0 Å². The molecule has 0 saturated carbocycles. The Labute approximate surface area is 169 Å². The fraction of sp³-hybridized carbons (Fsp3) is 0.174. The second-order valence-corrected chi connectivity index (χ2v) is 7.42. The highest BCUT2D eigenvalue weighted by atomic mass is 32.2. The molecule has 0 aromatic heterocycles. The molecular weight excluding hydrogens is 368 g/mol. The molecule has 0 radical (unpaired) electrons. The predicted molar refractivity (Wildman–Crippen MR) is 115 cm³/mol. The van der Waals surface area contributed by atoms with Crippen molar-refractivity contribution in [1.29, 1.82) is 0 Å². The molecule has 3 aromatic rings. The minimum Gasteiger partial charge on any atom is -0.490 e. The fourth-order valence-electron chi connectivity index (χ4n) is 2.95. The zero-order valence-corrected chi connectivity index (χ0v) is 16.5. The second-order valence-electron chi connectivity index (χ2n) is 6.32. The minimum absolute atomic E-state index is 0.0533. The second kappa shape index (κ2) is 8.85. The van der Waals surface area contributed by atoms with E-state index in [4.69, 9.17) is 9.47 Å². The Kier molecular flexibility index (Phi) is 5.83. The van der Waals surface area contributed by atoms with Gasteiger partial charge in [-0.15, -0.1) is 0 Å². The summed E-state index contributed by atoms with van der Waals surface area (Å²) in [5.41, 5.74) is 6.58. The van der Waals surface area contributed by atoms with Gasteiger partial charge in [0.2, 0.25) is 0 Å². The van der Waals surface area contributed by atoms with Crippen LogP contribution in [0.2, 0.25) is 0 Å². The van der Waals surface area contributed by atoms with Gasteiger partial charge in [-0.05, 0) is 30.2 Å². The Morgan fingerprint density at radius 1 is 0.893 bits per heavy atom. The lowest BCUT2D eigenvalue weighted by atomic mass is 10.2. The topological polar surface area (TPSA) is 42.8 Å². The fourth-order valence-corrected chi connectivity index (χ4v) is 3.94. The van der Waals surface area contributed by atoms with Crippen LogP contribution in [0.4, 0.5) is 0 Å². The van der Waals surface area contributed by atoms with E-state index in [0.717, 1.165) is 33.2 Å². The molecule has 28 heavy (non-hydrogen) atoms. The minimum atomic E-state index is 0.0533. The summed E-state index contributed by atoms with van der Waals surface area (Å²) in [5.74, 6) is 1.51. The lowest BCUT2D eigenvalue weighted by Crippen LogP contribution is -2.07. The van der Waals surface area contributed by atoms with E-state index in [-0.39, 0.29) is 5.37 Å². The van der Waals surface area contributed by atoms with Gasteiger partial charge in [-0.25, -0.2) is 0 Å². The van der Waals surface area contributed by atoms with Gasteiger partial charge in [0.1, 0.15) is 17.0 Å². The average Bonchev–Trinajstić information content (AvgIpc) is 3.25. The van der Waals surface area contributed by atoms with Crippen molar-refractivity contribution in [3.05, 3.63) is 95.6 Å². The van der Waals surface area contributed by atoms with Crippen molar-refractivity contribution in [3.63, 3.8) is 0 Å². The zero-order valence-electron chi connectivity index (χ0n) is 15.7. The lowest BCUT2D eigenvalue weighted by Gasteiger charge is -2.16. The number of hydrogen-bond donors (Lipinski definition) is 1. The first-order valence-electron chi connectivity index (χ1n) is 9.32. The zero-order chi connectivity index (χ0) is 19.2. The van der Waals surface area contributed by atoms with E-state index in [0.29, 0.717) is 13.2 Å². The Bertz CT molecular complexity index is 945. The standard InChI is InChI=1S/C23H22N2O2S/c1-2-26-21-15-19(13-14-20(21)27-16-17-9-5-3-6-10-17)23-25-24-22(28-23)18-11-7-4-8-12-18/h3-15,23,25H,2,16H2,1H3. The molecule has 1 N–H and O–H groups in total. The number of benzene rings is 3. The van der Waals surface area contributed by atoms with E-state index < -0.39 is 0 Å². The van der Waals surface area contributed by atoms with Gasteiger partial charge in [0.05, 0.1) is 6.61 Å². The summed E-state index contributed by atoms with van der Waals surface area (Å²) in [7, 11) is 0. The van der Waals surface area contributed by atoms with Crippen molar-refractivity contribution < 1.29 is 9.47 Å². The molecule has 3 aromatic carbocycles. The molecule has 5 heteroatoms. The molecule has 0 aliphatic carbocycles. The first-order chi connectivity index (χ1) is 13.8. The number of nitrogens with one attached hydrogen (secondary N) is 1. The number of rotatable bonds is 7. The van der Waals surface area contributed by atoms with E-state index in [1.165, 1.54) is 0 Å². The normalized spacial score (nSPS) is 15.6. The third-order valence-electron chi connectivity index (χ3n) is 4.34. The molecule has 1 aliphatic rings. The molecular formula is C23H22N2O2S. The summed E-state index contributed by atoms with van der Waals surface area (Å²) in [6.45, 7) is 3.08. The van der Waals surface area contributed by atoms with Gasteiger partial charge in [-0.1, -0.05) is 78.5 Å². The first-order valence-corrected chi connectivity index (χ1v) is 10.2. The van der Waals surface area contributed by atoms with Crippen LogP contribution in [0.5, 0.6) is 11.5 Å². The van der Waals surface area contributed by atoms with Crippen molar-refractivity contribution in [2.75, 3.05) is 6.61 Å². The largest absolute Gasteiger partial charge is 0.490 e. The Balaban J connectivity index is 1.47.